The minimum atomic E-state index is -0.397. The van der Waals surface area contributed by atoms with Gasteiger partial charge in [0.25, 0.3) is 5.91 Å². The number of hydrogen-bond acceptors (Lipinski definition) is 6. The topological polar surface area (TPSA) is 99.2 Å². The molecule has 3 aromatic rings. The van der Waals surface area contributed by atoms with Crippen molar-refractivity contribution in [3.05, 3.63) is 51.9 Å². The van der Waals surface area contributed by atoms with Gasteiger partial charge in [0, 0.05) is 13.1 Å². The van der Waals surface area contributed by atoms with E-state index in [1.54, 1.807) is 17.0 Å². The van der Waals surface area contributed by atoms with Crippen LogP contribution in [0.25, 0.3) is 11.0 Å². The number of nitrogens with one attached hydrogen (secondary N) is 1. The van der Waals surface area contributed by atoms with Crippen LogP contribution in [0.1, 0.15) is 36.8 Å². The van der Waals surface area contributed by atoms with Crippen molar-refractivity contribution < 1.29 is 13.9 Å². The van der Waals surface area contributed by atoms with Crippen LogP contribution in [0, 0.1) is 6.92 Å². The van der Waals surface area contributed by atoms with E-state index in [1.807, 2.05) is 33.9 Å². The zero-order chi connectivity index (χ0) is 19.6. The highest BCUT2D eigenvalue weighted by atomic mass is 16.5. The SMILES string of the molecule is CCc1cc(=O)oc2cc(C)cc(OCC(=O)NC(C)c3nncn3C)c12. The van der Waals surface area contributed by atoms with E-state index in [-0.39, 0.29) is 18.6 Å². The molecule has 2 aromatic heterocycles. The molecule has 8 heteroatoms. The number of aryl methyl sites for hydroxylation is 3. The van der Waals surface area contributed by atoms with Crippen LogP contribution in [-0.2, 0) is 18.3 Å². The second-order valence-electron chi connectivity index (χ2n) is 6.46. The van der Waals surface area contributed by atoms with Crippen molar-refractivity contribution in [2.45, 2.75) is 33.2 Å². The molecule has 0 saturated heterocycles. The van der Waals surface area contributed by atoms with E-state index in [1.165, 1.54) is 6.07 Å². The summed E-state index contributed by atoms with van der Waals surface area (Å²) in [5.41, 5.74) is 1.76. The van der Waals surface area contributed by atoms with Crippen LogP contribution in [0.3, 0.4) is 0 Å². The van der Waals surface area contributed by atoms with Gasteiger partial charge in [-0.25, -0.2) is 4.79 Å². The number of ether oxygens (including phenoxy) is 1. The summed E-state index contributed by atoms with van der Waals surface area (Å²) in [6.45, 7) is 5.49. The Morgan fingerprint density at radius 2 is 2.15 bits per heavy atom. The van der Waals surface area contributed by atoms with Gasteiger partial charge in [0.05, 0.1) is 11.4 Å². The van der Waals surface area contributed by atoms with Crippen molar-refractivity contribution >= 4 is 16.9 Å². The van der Waals surface area contributed by atoms with E-state index in [2.05, 4.69) is 15.5 Å². The van der Waals surface area contributed by atoms with E-state index in [9.17, 15) is 9.59 Å². The molecule has 3 rings (SSSR count). The van der Waals surface area contributed by atoms with Crippen LogP contribution in [-0.4, -0.2) is 27.3 Å². The first-order chi connectivity index (χ1) is 12.9. The minimum Gasteiger partial charge on any atom is -0.483 e. The average Bonchev–Trinajstić information content (AvgIpc) is 3.04. The molecule has 1 aromatic carbocycles. The molecule has 0 aliphatic rings. The summed E-state index contributed by atoms with van der Waals surface area (Å²) < 4.78 is 12.8. The fourth-order valence-electron chi connectivity index (χ4n) is 3.04. The third-order valence-electron chi connectivity index (χ3n) is 4.28. The van der Waals surface area contributed by atoms with Crippen LogP contribution < -0.4 is 15.7 Å². The summed E-state index contributed by atoms with van der Waals surface area (Å²) in [4.78, 5) is 24.0. The molecule has 0 fully saturated rings. The number of hydrogen-bond donors (Lipinski definition) is 1. The summed E-state index contributed by atoms with van der Waals surface area (Å²) in [6.07, 6.45) is 2.23. The standard InChI is InChI=1S/C19H22N4O4/c1-5-13-8-17(25)27-15-7-11(2)6-14(18(13)15)26-9-16(24)21-12(3)19-22-20-10-23(19)4/h6-8,10,12H,5,9H2,1-4H3,(H,21,24). The molecule has 0 spiro atoms. The van der Waals surface area contributed by atoms with Crippen molar-refractivity contribution in [3.63, 3.8) is 0 Å². The van der Waals surface area contributed by atoms with E-state index in [0.717, 1.165) is 16.5 Å². The molecule has 1 atom stereocenters. The number of nitrogens with zero attached hydrogens (tertiary/aromatic N) is 3. The van der Waals surface area contributed by atoms with E-state index in [4.69, 9.17) is 9.15 Å². The summed E-state index contributed by atoms with van der Waals surface area (Å²) in [7, 11) is 1.81. The molecule has 8 nitrogen and oxygen atoms in total. The zero-order valence-corrected chi connectivity index (χ0v) is 15.8. The number of aromatic nitrogens is 3. The highest BCUT2D eigenvalue weighted by Gasteiger charge is 2.16. The van der Waals surface area contributed by atoms with Crippen molar-refractivity contribution in [1.82, 2.24) is 20.1 Å². The normalized spacial score (nSPS) is 12.1. The van der Waals surface area contributed by atoms with Gasteiger partial charge >= 0.3 is 5.63 Å². The highest BCUT2D eigenvalue weighted by molar-refractivity contribution is 5.88. The Balaban J connectivity index is 1.79. The van der Waals surface area contributed by atoms with Crippen LogP contribution in [0.4, 0.5) is 0 Å². The zero-order valence-electron chi connectivity index (χ0n) is 15.8. The second kappa shape index (κ2) is 7.61. The Labute approximate surface area is 156 Å². The van der Waals surface area contributed by atoms with Gasteiger partial charge < -0.3 is 19.0 Å². The number of benzene rings is 1. The Hall–Kier alpha value is -3.16. The Morgan fingerprint density at radius 1 is 1.37 bits per heavy atom. The summed E-state index contributed by atoms with van der Waals surface area (Å²) >= 11 is 0. The lowest BCUT2D eigenvalue weighted by molar-refractivity contribution is -0.123. The van der Waals surface area contributed by atoms with Crippen molar-refractivity contribution in [2.75, 3.05) is 6.61 Å². The third kappa shape index (κ3) is 3.99. The van der Waals surface area contributed by atoms with Gasteiger partial charge in [-0.3, -0.25) is 4.79 Å². The van der Waals surface area contributed by atoms with Gasteiger partial charge in [-0.15, -0.1) is 10.2 Å². The number of fused-ring (bicyclic) bond motifs is 1. The maximum atomic E-state index is 12.3. The summed E-state index contributed by atoms with van der Waals surface area (Å²) in [5, 5.41) is 11.3. The van der Waals surface area contributed by atoms with Crippen molar-refractivity contribution in [2.24, 2.45) is 7.05 Å². The maximum absolute atomic E-state index is 12.3. The van der Waals surface area contributed by atoms with E-state index < -0.39 is 5.63 Å². The molecule has 2 heterocycles. The largest absolute Gasteiger partial charge is 0.483 e. The number of carbonyl (C=O) groups excluding carboxylic acids is 1. The van der Waals surface area contributed by atoms with Crippen molar-refractivity contribution in [3.8, 4) is 5.75 Å². The number of amides is 1. The molecule has 0 radical (unpaired) electrons. The van der Waals surface area contributed by atoms with Crippen LogP contribution in [0.5, 0.6) is 5.75 Å². The van der Waals surface area contributed by atoms with Crippen LogP contribution in [0.15, 0.2) is 33.7 Å². The lowest BCUT2D eigenvalue weighted by Gasteiger charge is -2.15. The minimum absolute atomic E-state index is 0.164. The predicted molar refractivity (Wildman–Crippen MR) is 99.7 cm³/mol. The molecule has 142 valence electrons. The Morgan fingerprint density at radius 3 is 2.81 bits per heavy atom. The molecule has 1 unspecified atom stereocenters. The average molecular weight is 370 g/mol. The first-order valence-electron chi connectivity index (χ1n) is 8.72. The van der Waals surface area contributed by atoms with E-state index >= 15 is 0 Å². The molecule has 0 aliphatic carbocycles. The Bertz CT molecular complexity index is 1040. The van der Waals surface area contributed by atoms with Gasteiger partial charge in [-0.1, -0.05) is 6.92 Å². The fourth-order valence-corrected chi connectivity index (χ4v) is 3.04. The molecular weight excluding hydrogens is 348 g/mol. The molecule has 0 aliphatic heterocycles. The molecular formula is C19H22N4O4. The monoisotopic (exact) mass is 370 g/mol. The van der Waals surface area contributed by atoms with Crippen LogP contribution in [0.2, 0.25) is 0 Å². The fraction of sp³-hybridized carbons (Fsp3) is 0.368. The summed E-state index contributed by atoms with van der Waals surface area (Å²) in [5.74, 6) is 0.891. The second-order valence-corrected chi connectivity index (χ2v) is 6.46. The molecule has 1 N–H and O–H groups in total. The van der Waals surface area contributed by atoms with Gasteiger partial charge in [0.2, 0.25) is 0 Å². The molecule has 1 amide bonds. The lowest BCUT2D eigenvalue weighted by Crippen LogP contribution is -2.32. The highest BCUT2D eigenvalue weighted by Crippen LogP contribution is 2.30. The predicted octanol–water partition coefficient (Wildman–Crippen LogP) is 2.05. The lowest BCUT2D eigenvalue weighted by atomic mass is 10.1. The first kappa shape index (κ1) is 18.6. The summed E-state index contributed by atoms with van der Waals surface area (Å²) in [6, 6.07) is 4.78. The number of rotatable bonds is 6. The molecule has 0 bridgehead atoms. The van der Waals surface area contributed by atoms with Crippen LogP contribution >= 0.6 is 0 Å². The smallest absolute Gasteiger partial charge is 0.336 e. The van der Waals surface area contributed by atoms with Gasteiger partial charge in [0.15, 0.2) is 12.4 Å². The Kier molecular flexibility index (Phi) is 5.25. The van der Waals surface area contributed by atoms with Gasteiger partial charge in [-0.05, 0) is 43.5 Å². The quantitative estimate of drug-likeness (QED) is 0.667. The molecule has 27 heavy (non-hydrogen) atoms. The van der Waals surface area contributed by atoms with Crippen molar-refractivity contribution in [1.29, 1.82) is 0 Å². The molecule has 0 saturated carbocycles. The first-order valence-corrected chi connectivity index (χ1v) is 8.72. The maximum Gasteiger partial charge on any atom is 0.336 e. The van der Waals surface area contributed by atoms with Gasteiger partial charge in [-0.2, -0.15) is 0 Å². The van der Waals surface area contributed by atoms with Gasteiger partial charge in [0.1, 0.15) is 17.7 Å². The third-order valence-corrected chi connectivity index (χ3v) is 4.28. The van der Waals surface area contributed by atoms with E-state index in [0.29, 0.717) is 23.6 Å². The number of carbonyl (C=O) groups is 1.